The quantitative estimate of drug-likeness (QED) is 0.265. The summed E-state index contributed by atoms with van der Waals surface area (Å²) in [4.78, 5) is 40.5. The molecule has 0 atom stereocenters. The summed E-state index contributed by atoms with van der Waals surface area (Å²) in [6.45, 7) is 10.4. The normalized spacial score (nSPS) is 14.2. The molecule has 0 N–H and O–H groups in total. The summed E-state index contributed by atoms with van der Waals surface area (Å²) in [7, 11) is 0. The van der Waals surface area contributed by atoms with Gasteiger partial charge in [-0.2, -0.15) is 0 Å². The Morgan fingerprint density at radius 2 is 1.69 bits per heavy atom. The van der Waals surface area contributed by atoms with E-state index in [9.17, 15) is 14.4 Å². The molecule has 1 fully saturated rings. The van der Waals surface area contributed by atoms with Gasteiger partial charge in [0.25, 0.3) is 5.91 Å². The Bertz CT molecular complexity index is 1100. The Kier molecular flexibility index (Phi) is 9.54. The van der Waals surface area contributed by atoms with Crippen molar-refractivity contribution in [3.63, 3.8) is 0 Å². The molecule has 194 valence electrons. The van der Waals surface area contributed by atoms with Crippen LogP contribution in [0.3, 0.4) is 0 Å². The highest BCUT2D eigenvalue weighted by Crippen LogP contribution is 2.31. The SMILES string of the molecule is CC(=O)Oc1cccc(C(=O)N2CCCN(C(=O)CCCOc3ccc(C(C)(C)C)cc3Br)CC2)c1. The number of carbonyl (C=O) groups excluding carboxylic acids is 3. The molecule has 2 amide bonds. The lowest BCUT2D eigenvalue weighted by molar-refractivity contribution is -0.132. The van der Waals surface area contributed by atoms with Gasteiger partial charge in [-0.3, -0.25) is 14.4 Å². The first-order valence-corrected chi connectivity index (χ1v) is 13.1. The second-order valence-corrected chi connectivity index (χ2v) is 10.8. The van der Waals surface area contributed by atoms with E-state index in [1.807, 2.05) is 11.0 Å². The number of carbonyl (C=O) groups is 3. The molecule has 0 unspecified atom stereocenters. The van der Waals surface area contributed by atoms with Crippen molar-refractivity contribution in [2.24, 2.45) is 0 Å². The van der Waals surface area contributed by atoms with Crippen LogP contribution in [-0.2, 0) is 15.0 Å². The molecule has 0 bridgehead atoms. The molecule has 2 aromatic rings. The van der Waals surface area contributed by atoms with E-state index < -0.39 is 5.97 Å². The summed E-state index contributed by atoms with van der Waals surface area (Å²) < 4.78 is 11.9. The Morgan fingerprint density at radius 3 is 2.39 bits per heavy atom. The number of hydrogen-bond donors (Lipinski definition) is 0. The van der Waals surface area contributed by atoms with E-state index in [4.69, 9.17) is 9.47 Å². The minimum absolute atomic E-state index is 0.0642. The standard InChI is InChI=1S/C28H35BrN2O5/c1-20(32)36-23-9-5-8-21(18-23)27(34)31-14-7-13-30(15-16-31)26(33)10-6-17-35-25-12-11-22(19-24(25)29)28(2,3)4/h5,8-9,11-12,18-19H,6-7,10,13-17H2,1-4H3. The van der Waals surface area contributed by atoms with Crippen LogP contribution in [-0.4, -0.2) is 60.4 Å². The van der Waals surface area contributed by atoms with Gasteiger partial charge in [0.05, 0.1) is 11.1 Å². The fourth-order valence-corrected chi connectivity index (χ4v) is 4.55. The van der Waals surface area contributed by atoms with Gasteiger partial charge in [-0.1, -0.05) is 32.9 Å². The highest BCUT2D eigenvalue weighted by Gasteiger charge is 2.23. The number of benzene rings is 2. The van der Waals surface area contributed by atoms with Crippen LogP contribution in [0.4, 0.5) is 0 Å². The van der Waals surface area contributed by atoms with Gasteiger partial charge in [0, 0.05) is 45.1 Å². The van der Waals surface area contributed by atoms with Gasteiger partial charge < -0.3 is 19.3 Å². The molecular weight excluding hydrogens is 524 g/mol. The number of amides is 2. The highest BCUT2D eigenvalue weighted by molar-refractivity contribution is 9.10. The first kappa shape index (κ1) is 27.7. The third-order valence-corrected chi connectivity index (χ3v) is 6.69. The van der Waals surface area contributed by atoms with E-state index >= 15 is 0 Å². The molecular formula is C28H35BrN2O5. The first-order valence-electron chi connectivity index (χ1n) is 12.3. The lowest BCUT2D eigenvalue weighted by Crippen LogP contribution is -2.37. The van der Waals surface area contributed by atoms with Crippen LogP contribution in [0.5, 0.6) is 11.5 Å². The van der Waals surface area contributed by atoms with Crippen molar-refractivity contribution in [3.8, 4) is 11.5 Å². The largest absolute Gasteiger partial charge is 0.492 e. The van der Waals surface area contributed by atoms with Gasteiger partial charge in [0.2, 0.25) is 5.91 Å². The zero-order valence-corrected chi connectivity index (χ0v) is 23.1. The second kappa shape index (κ2) is 12.4. The van der Waals surface area contributed by atoms with Crippen molar-refractivity contribution in [3.05, 3.63) is 58.1 Å². The molecule has 0 saturated carbocycles. The third kappa shape index (κ3) is 7.82. The predicted octanol–water partition coefficient (Wildman–Crippen LogP) is 5.21. The maximum atomic E-state index is 13.0. The molecule has 0 radical (unpaired) electrons. The minimum atomic E-state index is -0.431. The van der Waals surface area contributed by atoms with Crippen LogP contribution in [0.2, 0.25) is 0 Å². The Labute approximate surface area is 221 Å². The maximum Gasteiger partial charge on any atom is 0.308 e. The van der Waals surface area contributed by atoms with Crippen LogP contribution < -0.4 is 9.47 Å². The Hall–Kier alpha value is -2.87. The molecule has 36 heavy (non-hydrogen) atoms. The van der Waals surface area contributed by atoms with Crippen molar-refractivity contribution in [1.82, 2.24) is 9.80 Å². The fourth-order valence-electron chi connectivity index (χ4n) is 4.06. The van der Waals surface area contributed by atoms with Gasteiger partial charge in [0.15, 0.2) is 0 Å². The lowest BCUT2D eigenvalue weighted by atomic mass is 9.87. The average Bonchev–Trinajstić information content (AvgIpc) is 3.07. The van der Waals surface area contributed by atoms with Crippen molar-refractivity contribution in [2.45, 2.75) is 52.4 Å². The zero-order valence-electron chi connectivity index (χ0n) is 21.5. The van der Waals surface area contributed by atoms with Crippen LogP contribution in [0, 0.1) is 0 Å². The average molecular weight is 560 g/mol. The van der Waals surface area contributed by atoms with Gasteiger partial charge in [0.1, 0.15) is 11.5 Å². The summed E-state index contributed by atoms with van der Waals surface area (Å²) in [5.74, 6) is 0.637. The van der Waals surface area contributed by atoms with E-state index in [-0.39, 0.29) is 17.2 Å². The molecule has 1 aliphatic rings. The Morgan fingerprint density at radius 1 is 0.972 bits per heavy atom. The summed E-state index contributed by atoms with van der Waals surface area (Å²) in [6, 6.07) is 12.7. The summed E-state index contributed by atoms with van der Waals surface area (Å²) in [6.07, 6.45) is 1.73. The fraction of sp³-hybridized carbons (Fsp3) is 0.464. The van der Waals surface area contributed by atoms with Crippen molar-refractivity contribution < 1.29 is 23.9 Å². The first-order chi connectivity index (χ1) is 17.0. The molecule has 8 heteroatoms. The maximum absolute atomic E-state index is 13.0. The summed E-state index contributed by atoms with van der Waals surface area (Å²) in [5.41, 5.74) is 1.75. The molecule has 1 heterocycles. The number of hydrogen-bond acceptors (Lipinski definition) is 5. The zero-order chi connectivity index (χ0) is 26.3. The lowest BCUT2D eigenvalue weighted by Gasteiger charge is -2.22. The molecule has 1 aliphatic heterocycles. The number of rotatable bonds is 7. The van der Waals surface area contributed by atoms with Crippen LogP contribution in [0.15, 0.2) is 46.9 Å². The number of nitrogens with zero attached hydrogens (tertiary/aromatic N) is 2. The Balaban J connectivity index is 1.46. The number of ether oxygens (including phenoxy) is 2. The number of esters is 1. The molecule has 3 rings (SSSR count). The van der Waals surface area contributed by atoms with Crippen molar-refractivity contribution in [1.29, 1.82) is 0 Å². The third-order valence-electron chi connectivity index (χ3n) is 6.07. The van der Waals surface area contributed by atoms with Crippen molar-refractivity contribution >= 4 is 33.7 Å². The topological polar surface area (TPSA) is 76.2 Å². The second-order valence-electron chi connectivity index (χ2n) is 10.00. The monoisotopic (exact) mass is 558 g/mol. The molecule has 7 nitrogen and oxygen atoms in total. The molecule has 0 aliphatic carbocycles. The predicted molar refractivity (Wildman–Crippen MR) is 142 cm³/mol. The van der Waals surface area contributed by atoms with E-state index in [0.717, 1.165) is 10.2 Å². The van der Waals surface area contributed by atoms with E-state index in [2.05, 4.69) is 48.8 Å². The molecule has 1 saturated heterocycles. The van der Waals surface area contributed by atoms with Crippen LogP contribution in [0.25, 0.3) is 0 Å². The summed E-state index contributed by atoms with van der Waals surface area (Å²) in [5, 5.41) is 0. The molecule has 0 aromatic heterocycles. The van der Waals surface area contributed by atoms with E-state index in [1.165, 1.54) is 12.5 Å². The molecule has 0 spiro atoms. The highest BCUT2D eigenvalue weighted by atomic mass is 79.9. The minimum Gasteiger partial charge on any atom is -0.492 e. The van der Waals surface area contributed by atoms with E-state index in [1.54, 1.807) is 29.2 Å². The number of halogens is 1. The van der Waals surface area contributed by atoms with Gasteiger partial charge >= 0.3 is 5.97 Å². The van der Waals surface area contributed by atoms with E-state index in [0.29, 0.717) is 63.4 Å². The van der Waals surface area contributed by atoms with Crippen LogP contribution >= 0.6 is 15.9 Å². The van der Waals surface area contributed by atoms with Gasteiger partial charge in [-0.25, -0.2) is 0 Å². The summed E-state index contributed by atoms with van der Waals surface area (Å²) >= 11 is 3.59. The van der Waals surface area contributed by atoms with Gasteiger partial charge in [-0.05, 0) is 70.1 Å². The van der Waals surface area contributed by atoms with Crippen molar-refractivity contribution in [2.75, 3.05) is 32.8 Å². The van der Waals surface area contributed by atoms with Gasteiger partial charge in [-0.15, -0.1) is 0 Å². The van der Waals surface area contributed by atoms with Crippen LogP contribution in [0.1, 0.15) is 62.9 Å². The molecule has 2 aromatic carbocycles. The smallest absolute Gasteiger partial charge is 0.308 e.